The highest BCUT2D eigenvalue weighted by Gasteiger charge is 2.18. The van der Waals surface area contributed by atoms with Crippen LogP contribution >= 0.6 is 11.6 Å². The maximum atomic E-state index is 13.0. The van der Waals surface area contributed by atoms with Gasteiger partial charge in [0.15, 0.2) is 11.6 Å². The zero-order valence-electron chi connectivity index (χ0n) is 13.1. The van der Waals surface area contributed by atoms with Crippen LogP contribution in [0.3, 0.4) is 0 Å². The van der Waals surface area contributed by atoms with E-state index in [1.807, 2.05) is 42.5 Å². The monoisotopic (exact) mass is 345 g/mol. The quantitative estimate of drug-likeness (QED) is 0.510. The highest BCUT2D eigenvalue weighted by molar-refractivity contribution is 6.35. The number of ketones is 1. The number of hydrogen-bond acceptors (Lipinski definition) is 4. The van der Waals surface area contributed by atoms with Crippen molar-refractivity contribution in [1.29, 1.82) is 0 Å². The van der Waals surface area contributed by atoms with Crippen molar-refractivity contribution in [3.8, 4) is 11.4 Å². The predicted octanol–water partition coefficient (Wildman–Crippen LogP) is 4.58. The lowest BCUT2D eigenvalue weighted by Crippen LogP contribution is -2.06. The molecule has 0 aliphatic carbocycles. The summed E-state index contributed by atoms with van der Waals surface area (Å²) < 4.78 is 0. The van der Waals surface area contributed by atoms with Crippen LogP contribution in [0.25, 0.3) is 22.4 Å². The van der Waals surface area contributed by atoms with Crippen molar-refractivity contribution in [1.82, 2.24) is 15.2 Å². The number of aromatic nitrogens is 3. The second-order valence-corrected chi connectivity index (χ2v) is 5.89. The maximum absolute atomic E-state index is 13.0. The number of nitrogens with zero attached hydrogens (tertiary/aromatic N) is 3. The van der Waals surface area contributed by atoms with Crippen LogP contribution in [0.1, 0.15) is 15.9 Å². The number of fused-ring (bicyclic) bond motifs is 1. The van der Waals surface area contributed by atoms with Crippen LogP contribution in [0.2, 0.25) is 5.02 Å². The first-order valence-corrected chi connectivity index (χ1v) is 8.10. The summed E-state index contributed by atoms with van der Waals surface area (Å²) in [4.78, 5) is 17.5. The van der Waals surface area contributed by atoms with Crippen molar-refractivity contribution in [3.05, 3.63) is 88.9 Å². The summed E-state index contributed by atoms with van der Waals surface area (Å²) in [5.41, 5.74) is 3.01. The molecule has 0 radical (unpaired) electrons. The third-order valence-electron chi connectivity index (χ3n) is 3.89. The molecule has 0 saturated carbocycles. The minimum Gasteiger partial charge on any atom is -0.289 e. The molecule has 4 aromatic rings. The van der Waals surface area contributed by atoms with Gasteiger partial charge in [-0.1, -0.05) is 60.1 Å². The molecule has 0 saturated heterocycles. The highest BCUT2D eigenvalue weighted by atomic mass is 35.5. The normalized spacial score (nSPS) is 10.8. The number of carbonyl (C=O) groups excluding carboxylic acids is 1. The third kappa shape index (κ3) is 2.88. The lowest BCUT2D eigenvalue weighted by atomic mass is 9.98. The molecule has 3 aromatic carbocycles. The predicted molar refractivity (Wildman–Crippen MR) is 97.7 cm³/mol. The van der Waals surface area contributed by atoms with Crippen LogP contribution in [0, 0.1) is 0 Å². The van der Waals surface area contributed by atoms with Gasteiger partial charge in [-0.05, 0) is 24.3 Å². The van der Waals surface area contributed by atoms with Gasteiger partial charge < -0.3 is 0 Å². The van der Waals surface area contributed by atoms with Gasteiger partial charge in [-0.15, -0.1) is 10.2 Å². The maximum Gasteiger partial charge on any atom is 0.195 e. The van der Waals surface area contributed by atoms with Gasteiger partial charge in [0.05, 0.1) is 10.5 Å². The summed E-state index contributed by atoms with van der Waals surface area (Å²) in [6.45, 7) is 0. The molecule has 1 aromatic heterocycles. The summed E-state index contributed by atoms with van der Waals surface area (Å²) in [5, 5.41) is 8.80. The van der Waals surface area contributed by atoms with E-state index in [4.69, 9.17) is 11.6 Å². The molecule has 25 heavy (non-hydrogen) atoms. The van der Waals surface area contributed by atoms with Gasteiger partial charge in [-0.25, -0.2) is 4.98 Å². The summed E-state index contributed by atoms with van der Waals surface area (Å²) in [6.07, 6.45) is 0. The van der Waals surface area contributed by atoms with Gasteiger partial charge in [0.25, 0.3) is 0 Å². The fourth-order valence-corrected chi connectivity index (χ4v) is 2.88. The Labute approximate surface area is 149 Å². The molecule has 120 valence electrons. The largest absolute Gasteiger partial charge is 0.289 e. The number of benzene rings is 3. The van der Waals surface area contributed by atoms with Gasteiger partial charge in [0.2, 0.25) is 0 Å². The van der Waals surface area contributed by atoms with E-state index in [2.05, 4.69) is 15.2 Å². The van der Waals surface area contributed by atoms with Gasteiger partial charge in [-0.3, -0.25) is 4.79 Å². The average molecular weight is 346 g/mol. The van der Waals surface area contributed by atoms with Gasteiger partial charge in [0, 0.05) is 16.7 Å². The molecule has 0 fully saturated rings. The minimum absolute atomic E-state index is 0.169. The van der Waals surface area contributed by atoms with Crippen molar-refractivity contribution < 1.29 is 4.79 Å². The zero-order chi connectivity index (χ0) is 17.2. The lowest BCUT2D eigenvalue weighted by Gasteiger charge is -2.09. The number of rotatable bonds is 3. The molecular formula is C20H12ClN3O. The molecule has 0 spiro atoms. The van der Waals surface area contributed by atoms with Crippen LogP contribution in [0.5, 0.6) is 0 Å². The molecule has 0 aliphatic rings. The smallest absolute Gasteiger partial charge is 0.195 e. The summed E-state index contributed by atoms with van der Waals surface area (Å²) in [7, 11) is 0. The molecular weight excluding hydrogens is 334 g/mol. The Morgan fingerprint density at radius 3 is 2.16 bits per heavy atom. The van der Waals surface area contributed by atoms with E-state index in [1.165, 1.54) is 0 Å². The highest BCUT2D eigenvalue weighted by Crippen LogP contribution is 2.26. The molecule has 0 bridgehead atoms. The molecule has 0 atom stereocenters. The van der Waals surface area contributed by atoms with Crippen LogP contribution in [0.4, 0.5) is 0 Å². The fraction of sp³-hybridized carbons (Fsp3) is 0. The molecule has 5 heteroatoms. The van der Waals surface area contributed by atoms with E-state index in [0.717, 1.165) is 5.52 Å². The Kier molecular flexibility index (Phi) is 3.96. The Bertz CT molecular complexity index is 1090. The lowest BCUT2D eigenvalue weighted by molar-refractivity contribution is 0.103. The van der Waals surface area contributed by atoms with Crippen molar-refractivity contribution in [3.63, 3.8) is 0 Å². The second-order valence-electron chi connectivity index (χ2n) is 5.48. The van der Waals surface area contributed by atoms with Gasteiger partial charge >= 0.3 is 0 Å². The number of para-hydroxylation sites is 1. The molecule has 1 heterocycles. The molecule has 0 amide bonds. The van der Waals surface area contributed by atoms with Gasteiger partial charge in [-0.2, -0.15) is 0 Å². The first kappa shape index (κ1) is 15.4. The Morgan fingerprint density at radius 1 is 0.720 bits per heavy atom. The van der Waals surface area contributed by atoms with Crippen molar-refractivity contribution in [2.75, 3.05) is 0 Å². The van der Waals surface area contributed by atoms with E-state index in [0.29, 0.717) is 33.1 Å². The zero-order valence-corrected chi connectivity index (χ0v) is 13.8. The standard InChI is InChI=1S/C20H12ClN3O/c21-16-10-4-3-9-15(16)19(25)13-7-1-2-8-14(13)20-22-17-11-5-6-12-18(17)23-24-20/h1-12H. The van der Waals surface area contributed by atoms with Crippen molar-refractivity contribution in [2.45, 2.75) is 0 Å². The summed E-state index contributed by atoms with van der Waals surface area (Å²) in [5.74, 6) is 0.243. The molecule has 0 unspecified atom stereocenters. The SMILES string of the molecule is O=C(c1ccccc1Cl)c1ccccc1-c1nnc2ccccc2n1. The van der Waals surface area contributed by atoms with E-state index < -0.39 is 0 Å². The van der Waals surface area contributed by atoms with Crippen molar-refractivity contribution >= 4 is 28.4 Å². The van der Waals surface area contributed by atoms with Crippen LogP contribution in [0.15, 0.2) is 72.8 Å². The van der Waals surface area contributed by atoms with E-state index >= 15 is 0 Å². The molecule has 4 nitrogen and oxygen atoms in total. The third-order valence-corrected chi connectivity index (χ3v) is 4.22. The Morgan fingerprint density at radius 2 is 1.36 bits per heavy atom. The molecule has 0 aliphatic heterocycles. The van der Waals surface area contributed by atoms with Gasteiger partial charge in [0.1, 0.15) is 5.52 Å². The van der Waals surface area contributed by atoms with Crippen molar-refractivity contribution in [2.24, 2.45) is 0 Å². The molecule has 0 N–H and O–H groups in total. The number of hydrogen-bond donors (Lipinski definition) is 0. The Hall–Kier alpha value is -3.11. The molecule has 4 rings (SSSR count). The average Bonchev–Trinajstić information content (AvgIpc) is 2.67. The summed E-state index contributed by atoms with van der Waals surface area (Å²) >= 11 is 6.18. The minimum atomic E-state index is -0.169. The number of carbonyl (C=O) groups is 1. The topological polar surface area (TPSA) is 55.7 Å². The second kappa shape index (κ2) is 6.42. The number of halogens is 1. The first-order valence-electron chi connectivity index (χ1n) is 7.72. The van der Waals surface area contributed by atoms with E-state index in [9.17, 15) is 4.79 Å². The van der Waals surface area contributed by atoms with Crippen LogP contribution in [-0.4, -0.2) is 21.0 Å². The van der Waals surface area contributed by atoms with Crippen LogP contribution < -0.4 is 0 Å². The summed E-state index contributed by atoms with van der Waals surface area (Å²) in [6, 6.07) is 21.7. The Balaban J connectivity index is 1.86. The van der Waals surface area contributed by atoms with Crippen LogP contribution in [-0.2, 0) is 0 Å². The van der Waals surface area contributed by atoms with E-state index in [-0.39, 0.29) is 5.78 Å². The fourth-order valence-electron chi connectivity index (χ4n) is 2.66. The van der Waals surface area contributed by atoms with E-state index in [1.54, 1.807) is 30.3 Å². The first-order chi connectivity index (χ1) is 12.2.